The number of likely N-dealkylation sites (tertiary alicyclic amines) is 1. The summed E-state index contributed by atoms with van der Waals surface area (Å²) in [5.74, 6) is -0.776. The van der Waals surface area contributed by atoms with Crippen molar-refractivity contribution in [2.45, 2.75) is 38.1 Å². The molecule has 0 spiro atoms. The van der Waals surface area contributed by atoms with E-state index >= 15 is 0 Å². The van der Waals surface area contributed by atoms with E-state index in [1.54, 1.807) is 11.8 Å². The summed E-state index contributed by atoms with van der Waals surface area (Å²) in [5, 5.41) is 0. The molecule has 2 rings (SSSR count). The van der Waals surface area contributed by atoms with Crippen molar-refractivity contribution in [2.24, 2.45) is 0 Å². The summed E-state index contributed by atoms with van der Waals surface area (Å²) < 4.78 is 9.80. The highest BCUT2D eigenvalue weighted by molar-refractivity contribution is 6.02. The van der Waals surface area contributed by atoms with Crippen molar-refractivity contribution in [2.75, 3.05) is 38.8 Å². The van der Waals surface area contributed by atoms with Gasteiger partial charge in [0.1, 0.15) is 5.54 Å². The molecule has 0 unspecified atom stereocenters. The maximum Gasteiger partial charge on any atom is 0.332 e. The lowest BCUT2D eigenvalue weighted by Gasteiger charge is -2.46. The first-order chi connectivity index (χ1) is 13.0. The minimum absolute atomic E-state index is 0.116. The predicted octanol–water partition coefficient (Wildman–Crippen LogP) is 2.00. The van der Waals surface area contributed by atoms with Gasteiger partial charge in [-0.05, 0) is 25.0 Å². The van der Waals surface area contributed by atoms with Gasteiger partial charge in [0.25, 0.3) is 0 Å². The maximum atomic E-state index is 12.8. The number of benzene rings is 1. The van der Waals surface area contributed by atoms with Gasteiger partial charge >= 0.3 is 11.9 Å². The molecule has 1 aliphatic rings. The molecular weight excluding hydrogens is 354 g/mol. The van der Waals surface area contributed by atoms with Gasteiger partial charge in [0.05, 0.1) is 20.6 Å². The fraction of sp³-hybridized carbons (Fsp3) is 0.550. The molecule has 1 saturated heterocycles. The molecule has 1 aliphatic heterocycles. The van der Waals surface area contributed by atoms with Gasteiger partial charge in [-0.3, -0.25) is 14.5 Å². The normalized spacial score (nSPS) is 16.4. The Kier molecular flexibility index (Phi) is 7.36. The zero-order valence-electron chi connectivity index (χ0n) is 16.3. The highest BCUT2D eigenvalue weighted by Gasteiger charge is 2.49. The van der Waals surface area contributed by atoms with Gasteiger partial charge in [-0.15, -0.1) is 0 Å². The molecule has 0 atom stereocenters. The number of hydrogen-bond acceptors (Lipinski definition) is 6. The van der Waals surface area contributed by atoms with E-state index < -0.39 is 11.5 Å². The van der Waals surface area contributed by atoms with Gasteiger partial charge in [-0.25, -0.2) is 4.79 Å². The van der Waals surface area contributed by atoms with Crippen molar-refractivity contribution >= 4 is 23.5 Å². The Bertz CT molecular complexity index is 654. The molecule has 148 valence electrons. The van der Waals surface area contributed by atoms with Gasteiger partial charge < -0.3 is 14.4 Å². The molecule has 0 bridgehead atoms. The van der Waals surface area contributed by atoms with Crippen molar-refractivity contribution in [1.82, 2.24) is 4.90 Å². The number of ether oxygens (including phenoxy) is 2. The van der Waals surface area contributed by atoms with E-state index in [9.17, 15) is 14.4 Å². The fourth-order valence-corrected chi connectivity index (χ4v) is 3.57. The summed E-state index contributed by atoms with van der Waals surface area (Å²) in [7, 11) is 2.72. The summed E-state index contributed by atoms with van der Waals surface area (Å²) in [6, 6.07) is 9.24. The molecule has 1 fully saturated rings. The van der Waals surface area contributed by atoms with Gasteiger partial charge in [-0.2, -0.15) is 0 Å². The van der Waals surface area contributed by atoms with Crippen molar-refractivity contribution in [3.63, 3.8) is 0 Å². The van der Waals surface area contributed by atoms with Gasteiger partial charge in [-0.1, -0.05) is 25.1 Å². The molecule has 1 aromatic carbocycles. The van der Waals surface area contributed by atoms with E-state index in [2.05, 4.69) is 9.64 Å². The van der Waals surface area contributed by atoms with Gasteiger partial charge in [0.15, 0.2) is 0 Å². The Labute approximate surface area is 160 Å². The molecule has 27 heavy (non-hydrogen) atoms. The number of nitrogens with zero attached hydrogens (tertiary/aromatic N) is 2. The van der Waals surface area contributed by atoms with Crippen molar-refractivity contribution in [3.05, 3.63) is 30.3 Å². The first-order valence-corrected chi connectivity index (χ1v) is 9.24. The number of carbonyl (C=O) groups is 3. The minimum atomic E-state index is -1.04. The zero-order valence-corrected chi connectivity index (χ0v) is 16.3. The molecule has 0 aliphatic carbocycles. The Balaban J connectivity index is 2.27. The lowest BCUT2D eigenvalue weighted by Crippen LogP contribution is -2.62. The fourth-order valence-electron chi connectivity index (χ4n) is 3.57. The van der Waals surface area contributed by atoms with Crippen LogP contribution in [0.15, 0.2) is 30.3 Å². The average Bonchev–Trinajstić information content (AvgIpc) is 2.72. The topological polar surface area (TPSA) is 76.2 Å². The summed E-state index contributed by atoms with van der Waals surface area (Å²) in [6.45, 7) is 3.53. The third kappa shape index (κ3) is 4.66. The van der Waals surface area contributed by atoms with Crippen LogP contribution in [0.2, 0.25) is 0 Å². The number of rotatable bonds is 7. The van der Waals surface area contributed by atoms with Crippen LogP contribution in [0.1, 0.15) is 32.6 Å². The van der Waals surface area contributed by atoms with Crippen LogP contribution in [-0.2, 0) is 23.9 Å². The quantitative estimate of drug-likeness (QED) is 0.672. The second kappa shape index (κ2) is 9.50. The van der Waals surface area contributed by atoms with Crippen LogP contribution >= 0.6 is 0 Å². The van der Waals surface area contributed by atoms with Crippen molar-refractivity contribution < 1.29 is 23.9 Å². The number of carbonyl (C=O) groups excluding carboxylic acids is 3. The molecule has 0 aromatic heterocycles. The molecule has 7 heteroatoms. The first-order valence-electron chi connectivity index (χ1n) is 9.24. The van der Waals surface area contributed by atoms with Crippen molar-refractivity contribution in [3.8, 4) is 0 Å². The number of para-hydroxylation sites is 1. The lowest BCUT2D eigenvalue weighted by atomic mass is 9.85. The molecular formula is C20H28N2O5. The second-order valence-corrected chi connectivity index (χ2v) is 6.61. The van der Waals surface area contributed by atoms with Gasteiger partial charge in [0.2, 0.25) is 5.91 Å². The highest BCUT2D eigenvalue weighted by atomic mass is 16.5. The van der Waals surface area contributed by atoms with Crippen LogP contribution in [0, 0.1) is 0 Å². The molecule has 1 amide bonds. The second-order valence-electron chi connectivity index (χ2n) is 6.61. The van der Waals surface area contributed by atoms with Crippen LogP contribution < -0.4 is 4.90 Å². The Hall–Kier alpha value is -2.41. The van der Waals surface area contributed by atoms with E-state index in [1.807, 2.05) is 30.3 Å². The SMILES string of the molecule is CCC(=O)N([13c]1[13cH][13cH][13cH][13cH][13cH]1)C1(C(=O)OC)CCN(CCC(=O)OC)CC1. The number of amides is 1. The third-order valence-electron chi connectivity index (χ3n) is 5.10. The smallest absolute Gasteiger partial charge is 0.332 e. The number of esters is 2. The highest BCUT2D eigenvalue weighted by Crippen LogP contribution is 2.35. The van der Waals surface area contributed by atoms with Crippen LogP contribution in [-0.4, -0.2) is 62.1 Å². The van der Waals surface area contributed by atoms with Crippen LogP contribution in [0.3, 0.4) is 0 Å². The van der Waals surface area contributed by atoms with E-state index in [-0.39, 0.29) is 11.9 Å². The molecule has 0 radical (unpaired) electrons. The van der Waals surface area contributed by atoms with E-state index in [0.717, 1.165) is 0 Å². The zero-order chi connectivity index (χ0) is 19.9. The summed E-state index contributed by atoms with van der Waals surface area (Å²) >= 11 is 0. The summed E-state index contributed by atoms with van der Waals surface area (Å²) in [5.41, 5.74) is -0.344. The summed E-state index contributed by atoms with van der Waals surface area (Å²) in [4.78, 5) is 40.7. The van der Waals surface area contributed by atoms with Crippen LogP contribution in [0.4, 0.5) is 5.69 Å². The largest absolute Gasteiger partial charge is 0.469 e. The van der Waals surface area contributed by atoms with E-state index in [4.69, 9.17) is 4.74 Å². The Morgan fingerprint density at radius 2 is 1.70 bits per heavy atom. The van der Waals surface area contributed by atoms with Gasteiger partial charge in [0, 0.05) is 31.7 Å². The molecule has 0 saturated carbocycles. The number of anilines is 1. The Morgan fingerprint density at radius 1 is 1.07 bits per heavy atom. The third-order valence-corrected chi connectivity index (χ3v) is 5.10. The number of piperidine rings is 1. The molecule has 7 nitrogen and oxygen atoms in total. The molecule has 1 heterocycles. The van der Waals surface area contributed by atoms with Crippen LogP contribution in [0.25, 0.3) is 0 Å². The van der Waals surface area contributed by atoms with Crippen molar-refractivity contribution in [1.29, 1.82) is 0 Å². The molecule has 0 N–H and O–H groups in total. The maximum absolute atomic E-state index is 12.8. The predicted molar refractivity (Wildman–Crippen MR) is 101 cm³/mol. The monoisotopic (exact) mass is 382 g/mol. The van der Waals surface area contributed by atoms with E-state index in [1.165, 1.54) is 14.2 Å². The standard InChI is InChI=1S/C20H28N2O5/c1-4-17(23)22(16-8-6-5-7-9-16)20(19(25)27-3)11-14-21(15-12-20)13-10-18(24)26-2/h5-9H,4,10-15H2,1-3H3/i5+1,6+1,7+1,8+1,9+1,16+1. The first kappa shape index (κ1) is 20.9. The number of methoxy groups -OCH3 is 2. The Morgan fingerprint density at radius 3 is 2.22 bits per heavy atom. The van der Waals surface area contributed by atoms with E-state index in [0.29, 0.717) is 51.0 Å². The number of hydrogen-bond donors (Lipinski definition) is 0. The lowest BCUT2D eigenvalue weighted by molar-refractivity contribution is -0.151. The summed E-state index contributed by atoms with van der Waals surface area (Å²) in [6.07, 6.45) is 1.49. The van der Waals surface area contributed by atoms with Crippen LogP contribution in [0.5, 0.6) is 0 Å². The minimum Gasteiger partial charge on any atom is -0.469 e. The average molecular weight is 382 g/mol. The molecule has 1 aromatic rings.